The van der Waals surface area contributed by atoms with Crippen molar-refractivity contribution >= 4 is 27.5 Å². The number of aromatic nitrogens is 2. The van der Waals surface area contributed by atoms with E-state index in [0.29, 0.717) is 24.2 Å². The second-order valence-electron chi connectivity index (χ2n) is 9.71. The first-order valence-corrected chi connectivity index (χ1v) is 13.7. The van der Waals surface area contributed by atoms with Crippen molar-refractivity contribution < 1.29 is 18.0 Å². The van der Waals surface area contributed by atoms with Crippen LogP contribution in [0.15, 0.2) is 23.1 Å². The van der Waals surface area contributed by atoms with E-state index in [1.54, 1.807) is 18.7 Å². The molecule has 2 aromatic rings. The summed E-state index contributed by atoms with van der Waals surface area (Å²) in [5.41, 5.74) is 3.90. The molecule has 3 heterocycles. The summed E-state index contributed by atoms with van der Waals surface area (Å²) in [6.45, 7) is 9.47. The lowest BCUT2D eigenvalue weighted by Gasteiger charge is -2.30. The van der Waals surface area contributed by atoms with Crippen LogP contribution in [0.3, 0.4) is 0 Å². The number of carbonyl (C=O) groups is 2. The molecule has 0 spiro atoms. The summed E-state index contributed by atoms with van der Waals surface area (Å²) in [5.74, 6) is -0.357. The van der Waals surface area contributed by atoms with Crippen molar-refractivity contribution in [2.24, 2.45) is 5.92 Å². The third-order valence-electron chi connectivity index (χ3n) is 7.26. The average Bonchev–Trinajstić information content (AvgIpc) is 3.45. The molecular formula is C25H35N5O4S. The summed E-state index contributed by atoms with van der Waals surface area (Å²) in [6, 6.07) is 5.81. The maximum atomic E-state index is 13.5. The second kappa shape index (κ2) is 10.1. The average molecular weight is 502 g/mol. The quantitative estimate of drug-likeness (QED) is 0.655. The molecule has 2 amide bonds. The van der Waals surface area contributed by atoms with Gasteiger partial charge in [0, 0.05) is 37.8 Å². The number of nitrogens with zero attached hydrogens (tertiary/aromatic N) is 4. The number of likely N-dealkylation sites (tertiary alicyclic amines) is 1. The highest BCUT2D eigenvalue weighted by molar-refractivity contribution is 7.89. The molecule has 35 heavy (non-hydrogen) atoms. The van der Waals surface area contributed by atoms with Gasteiger partial charge in [-0.3, -0.25) is 14.3 Å². The number of rotatable bonds is 6. The van der Waals surface area contributed by atoms with E-state index < -0.39 is 10.0 Å². The van der Waals surface area contributed by atoms with Crippen LogP contribution in [0.25, 0.3) is 0 Å². The zero-order valence-corrected chi connectivity index (χ0v) is 21.8. The zero-order valence-electron chi connectivity index (χ0n) is 21.0. The summed E-state index contributed by atoms with van der Waals surface area (Å²) in [6.07, 6.45) is 2.91. The molecule has 1 N–H and O–H groups in total. The maximum Gasteiger partial charge on any atom is 0.246 e. The van der Waals surface area contributed by atoms with E-state index >= 15 is 0 Å². The molecular weight excluding hydrogens is 466 g/mol. The molecule has 4 rings (SSSR count). The highest BCUT2D eigenvalue weighted by Gasteiger charge is 2.35. The molecule has 0 unspecified atom stereocenters. The minimum Gasteiger partial charge on any atom is -0.341 e. The van der Waals surface area contributed by atoms with Crippen LogP contribution in [0, 0.1) is 33.6 Å². The van der Waals surface area contributed by atoms with Crippen molar-refractivity contribution in [3.63, 3.8) is 0 Å². The van der Waals surface area contributed by atoms with Gasteiger partial charge >= 0.3 is 0 Å². The Bertz CT molecular complexity index is 1220. The topological polar surface area (TPSA) is 105 Å². The number of carbonyl (C=O) groups excluding carboxylic acids is 2. The summed E-state index contributed by atoms with van der Waals surface area (Å²) in [4.78, 5) is 27.3. The third kappa shape index (κ3) is 5.28. The number of amides is 2. The minimum absolute atomic E-state index is 0.0346. The van der Waals surface area contributed by atoms with E-state index in [2.05, 4.69) is 10.4 Å². The largest absolute Gasteiger partial charge is 0.341 e. The van der Waals surface area contributed by atoms with Gasteiger partial charge in [-0.15, -0.1) is 0 Å². The Balaban J connectivity index is 1.41. The van der Waals surface area contributed by atoms with E-state index in [1.807, 2.05) is 32.0 Å². The molecule has 0 aliphatic carbocycles. The van der Waals surface area contributed by atoms with Gasteiger partial charge in [0.15, 0.2) is 0 Å². The Morgan fingerprint density at radius 2 is 1.66 bits per heavy atom. The molecule has 0 atom stereocenters. The Morgan fingerprint density at radius 1 is 1.00 bits per heavy atom. The number of hydrogen-bond donors (Lipinski definition) is 1. The number of aryl methyl sites for hydroxylation is 3. The molecule has 1 aromatic heterocycles. The van der Waals surface area contributed by atoms with E-state index in [4.69, 9.17) is 0 Å². The number of benzene rings is 1. The highest BCUT2D eigenvalue weighted by atomic mass is 32.2. The summed E-state index contributed by atoms with van der Waals surface area (Å²) >= 11 is 0. The molecule has 0 bridgehead atoms. The summed E-state index contributed by atoms with van der Waals surface area (Å²) < 4.78 is 29.9. The lowest BCUT2D eigenvalue weighted by molar-refractivity contribution is -0.131. The number of hydrogen-bond acceptors (Lipinski definition) is 5. The fraction of sp³-hybridized carbons (Fsp3) is 0.560. The van der Waals surface area contributed by atoms with Crippen LogP contribution in [-0.2, 0) is 26.2 Å². The number of piperidine rings is 1. The van der Waals surface area contributed by atoms with Crippen LogP contribution >= 0.6 is 0 Å². The zero-order chi connectivity index (χ0) is 25.3. The summed E-state index contributed by atoms with van der Waals surface area (Å²) in [5, 5.41) is 7.36. The Morgan fingerprint density at radius 3 is 2.29 bits per heavy atom. The number of sulfonamides is 1. The molecule has 190 valence electrons. The minimum atomic E-state index is -3.78. The van der Waals surface area contributed by atoms with Gasteiger partial charge in [0.05, 0.1) is 11.4 Å². The van der Waals surface area contributed by atoms with E-state index in [0.717, 1.165) is 42.7 Å². The van der Waals surface area contributed by atoms with Crippen molar-refractivity contribution in [2.45, 2.75) is 64.8 Å². The van der Waals surface area contributed by atoms with Crippen molar-refractivity contribution in [1.82, 2.24) is 19.0 Å². The van der Waals surface area contributed by atoms with Gasteiger partial charge in [-0.2, -0.15) is 9.40 Å². The van der Waals surface area contributed by atoms with E-state index in [1.165, 1.54) is 8.99 Å². The Labute approximate surface area is 207 Å². The standard InChI is InChI=1S/C25H35N5O4S/c1-17-7-8-22(15-18(17)2)26-25(32)21-9-13-29(14-10-21)35(33,34)24-19(3)27-30(20(24)4)16-23(31)28-11-5-6-12-28/h7-8,15,21H,5-6,9-14,16H2,1-4H3,(H,26,32). The van der Waals surface area contributed by atoms with Gasteiger partial charge in [0.2, 0.25) is 21.8 Å². The van der Waals surface area contributed by atoms with Crippen LogP contribution in [-0.4, -0.2) is 65.4 Å². The van der Waals surface area contributed by atoms with Crippen molar-refractivity contribution in [2.75, 3.05) is 31.5 Å². The maximum absolute atomic E-state index is 13.5. The first kappa shape index (κ1) is 25.4. The fourth-order valence-corrected chi connectivity index (χ4v) is 6.80. The fourth-order valence-electron chi connectivity index (χ4n) is 4.95. The van der Waals surface area contributed by atoms with Crippen LogP contribution in [0.4, 0.5) is 5.69 Å². The molecule has 2 aliphatic rings. The van der Waals surface area contributed by atoms with Gasteiger partial charge < -0.3 is 10.2 Å². The number of anilines is 1. The SMILES string of the molecule is Cc1ccc(NC(=O)C2CCN(S(=O)(=O)c3c(C)nn(CC(=O)N4CCCC4)c3C)CC2)cc1C. The lowest BCUT2D eigenvalue weighted by atomic mass is 9.97. The normalized spacial score (nSPS) is 17.7. The van der Waals surface area contributed by atoms with Gasteiger partial charge in [0.1, 0.15) is 11.4 Å². The first-order chi connectivity index (χ1) is 16.6. The first-order valence-electron chi connectivity index (χ1n) is 12.3. The smallest absolute Gasteiger partial charge is 0.246 e. The van der Waals surface area contributed by atoms with Gasteiger partial charge in [-0.1, -0.05) is 6.07 Å². The van der Waals surface area contributed by atoms with Gasteiger partial charge in [0.25, 0.3) is 0 Å². The second-order valence-corrected chi connectivity index (χ2v) is 11.6. The third-order valence-corrected chi connectivity index (χ3v) is 9.41. The lowest BCUT2D eigenvalue weighted by Crippen LogP contribution is -2.41. The van der Waals surface area contributed by atoms with Crippen LogP contribution in [0.2, 0.25) is 0 Å². The molecule has 2 fully saturated rings. The van der Waals surface area contributed by atoms with Crippen molar-refractivity contribution in [1.29, 1.82) is 0 Å². The molecule has 0 radical (unpaired) electrons. The molecule has 2 saturated heterocycles. The predicted octanol–water partition coefficient (Wildman–Crippen LogP) is 2.78. The van der Waals surface area contributed by atoms with Crippen LogP contribution in [0.1, 0.15) is 48.2 Å². The Hall–Kier alpha value is -2.72. The Kier molecular flexibility index (Phi) is 7.32. The molecule has 0 saturated carbocycles. The van der Waals surface area contributed by atoms with E-state index in [-0.39, 0.29) is 42.3 Å². The van der Waals surface area contributed by atoms with Crippen molar-refractivity contribution in [3.05, 3.63) is 40.7 Å². The molecule has 10 heteroatoms. The van der Waals surface area contributed by atoms with Crippen LogP contribution < -0.4 is 5.32 Å². The van der Waals surface area contributed by atoms with Gasteiger partial charge in [-0.25, -0.2) is 8.42 Å². The molecule has 9 nitrogen and oxygen atoms in total. The van der Waals surface area contributed by atoms with Crippen LogP contribution in [0.5, 0.6) is 0 Å². The predicted molar refractivity (Wildman–Crippen MR) is 134 cm³/mol. The monoisotopic (exact) mass is 501 g/mol. The molecule has 1 aromatic carbocycles. The number of nitrogens with one attached hydrogen (secondary N) is 1. The highest BCUT2D eigenvalue weighted by Crippen LogP contribution is 2.29. The summed E-state index contributed by atoms with van der Waals surface area (Å²) in [7, 11) is -3.78. The van der Waals surface area contributed by atoms with Crippen molar-refractivity contribution in [3.8, 4) is 0 Å². The molecule has 2 aliphatic heterocycles. The van der Waals surface area contributed by atoms with Gasteiger partial charge in [-0.05, 0) is 76.6 Å². The van der Waals surface area contributed by atoms with E-state index in [9.17, 15) is 18.0 Å².